The Labute approximate surface area is 84.1 Å². The zero-order valence-electron chi connectivity index (χ0n) is 8.40. The Morgan fingerprint density at radius 2 is 2.29 bits per heavy atom. The zero-order valence-corrected chi connectivity index (χ0v) is 8.40. The van der Waals surface area contributed by atoms with Gasteiger partial charge in [-0.2, -0.15) is 0 Å². The van der Waals surface area contributed by atoms with Crippen LogP contribution in [0.2, 0.25) is 0 Å². The van der Waals surface area contributed by atoms with E-state index in [0.717, 1.165) is 25.2 Å². The zero-order chi connectivity index (χ0) is 10.1. The van der Waals surface area contributed by atoms with Gasteiger partial charge in [0.2, 0.25) is 0 Å². The van der Waals surface area contributed by atoms with E-state index in [1.807, 2.05) is 18.2 Å². The number of aliphatic hydroxyl groups excluding tert-OH is 1. The van der Waals surface area contributed by atoms with Crippen LogP contribution in [0.4, 0.5) is 11.4 Å². The molecule has 1 aromatic rings. The van der Waals surface area contributed by atoms with Crippen molar-refractivity contribution in [2.45, 2.75) is 19.4 Å². The molecule has 3 N–H and O–H groups in total. The summed E-state index contributed by atoms with van der Waals surface area (Å²) >= 11 is 0. The van der Waals surface area contributed by atoms with E-state index in [1.165, 1.54) is 11.3 Å². The van der Waals surface area contributed by atoms with Gasteiger partial charge in [0, 0.05) is 24.5 Å². The van der Waals surface area contributed by atoms with Crippen LogP contribution < -0.4 is 10.6 Å². The largest absolute Gasteiger partial charge is 0.399 e. The van der Waals surface area contributed by atoms with Crippen LogP contribution in [0.5, 0.6) is 0 Å². The van der Waals surface area contributed by atoms with E-state index in [1.54, 1.807) is 0 Å². The maximum atomic E-state index is 9.44. The molecule has 3 nitrogen and oxygen atoms in total. The van der Waals surface area contributed by atoms with Crippen molar-refractivity contribution in [2.75, 3.05) is 23.7 Å². The van der Waals surface area contributed by atoms with Crippen LogP contribution in [0.15, 0.2) is 18.2 Å². The quantitative estimate of drug-likeness (QED) is 0.656. The van der Waals surface area contributed by atoms with E-state index in [-0.39, 0.29) is 6.10 Å². The number of nitrogen functional groups attached to an aromatic ring is 1. The van der Waals surface area contributed by atoms with Crippen LogP contribution >= 0.6 is 0 Å². The molecule has 1 aliphatic heterocycles. The summed E-state index contributed by atoms with van der Waals surface area (Å²) in [7, 11) is 0. The molecule has 0 spiro atoms. The minimum Gasteiger partial charge on any atom is -0.399 e. The molecule has 1 unspecified atom stereocenters. The molecule has 1 aromatic carbocycles. The van der Waals surface area contributed by atoms with Crippen LogP contribution in [0, 0.1) is 6.92 Å². The topological polar surface area (TPSA) is 49.5 Å². The summed E-state index contributed by atoms with van der Waals surface area (Å²) in [5.74, 6) is 0. The maximum Gasteiger partial charge on any atom is 0.0731 e. The number of aliphatic hydroxyl groups is 1. The molecule has 1 atom stereocenters. The second-order valence-corrected chi connectivity index (χ2v) is 3.93. The molecule has 0 aliphatic carbocycles. The highest BCUT2D eigenvalue weighted by atomic mass is 16.3. The first-order chi connectivity index (χ1) is 6.66. The first-order valence-corrected chi connectivity index (χ1v) is 4.96. The summed E-state index contributed by atoms with van der Waals surface area (Å²) < 4.78 is 0. The molecular formula is C11H16N2O. The van der Waals surface area contributed by atoms with Gasteiger partial charge in [-0.3, -0.25) is 0 Å². The third-order valence-corrected chi connectivity index (χ3v) is 2.72. The molecule has 0 amide bonds. The average molecular weight is 192 g/mol. The average Bonchev–Trinajstić information content (AvgIpc) is 2.51. The van der Waals surface area contributed by atoms with E-state index in [4.69, 9.17) is 5.73 Å². The van der Waals surface area contributed by atoms with E-state index in [0.29, 0.717) is 0 Å². The van der Waals surface area contributed by atoms with Gasteiger partial charge in [-0.15, -0.1) is 0 Å². The van der Waals surface area contributed by atoms with Crippen LogP contribution in [0.3, 0.4) is 0 Å². The van der Waals surface area contributed by atoms with Crippen LogP contribution in [-0.4, -0.2) is 24.3 Å². The number of β-amino-alcohol motifs (C(OH)–C–C–N with tert-alkyl or cyclic N) is 1. The van der Waals surface area contributed by atoms with Crippen molar-refractivity contribution in [3.05, 3.63) is 23.8 Å². The van der Waals surface area contributed by atoms with Gasteiger partial charge < -0.3 is 15.7 Å². The van der Waals surface area contributed by atoms with Gasteiger partial charge >= 0.3 is 0 Å². The normalized spacial score (nSPS) is 21.6. The molecule has 0 bridgehead atoms. The van der Waals surface area contributed by atoms with Crippen molar-refractivity contribution >= 4 is 11.4 Å². The summed E-state index contributed by atoms with van der Waals surface area (Å²) in [6.07, 6.45) is 0.691. The van der Waals surface area contributed by atoms with E-state index >= 15 is 0 Å². The molecule has 1 saturated heterocycles. The summed E-state index contributed by atoms with van der Waals surface area (Å²) in [6, 6.07) is 5.91. The number of rotatable bonds is 1. The summed E-state index contributed by atoms with van der Waals surface area (Å²) in [5.41, 5.74) is 8.85. The molecule has 0 aromatic heterocycles. The number of aryl methyl sites for hydroxylation is 1. The third-order valence-electron chi connectivity index (χ3n) is 2.72. The van der Waals surface area contributed by atoms with E-state index < -0.39 is 0 Å². The molecule has 1 fully saturated rings. The first-order valence-electron chi connectivity index (χ1n) is 4.96. The predicted molar refractivity (Wildman–Crippen MR) is 58.4 cm³/mol. The summed E-state index contributed by atoms with van der Waals surface area (Å²) in [4.78, 5) is 2.21. The van der Waals surface area contributed by atoms with Gasteiger partial charge in [0.15, 0.2) is 0 Å². The van der Waals surface area contributed by atoms with Gasteiger partial charge in [-0.05, 0) is 37.1 Å². The fourth-order valence-corrected chi connectivity index (χ4v) is 1.99. The van der Waals surface area contributed by atoms with Crippen molar-refractivity contribution in [1.82, 2.24) is 0 Å². The predicted octanol–water partition coefficient (Wildman–Crippen LogP) is 1.15. The van der Waals surface area contributed by atoms with Crippen LogP contribution in [0.25, 0.3) is 0 Å². The Bertz CT molecular complexity index is 338. The van der Waals surface area contributed by atoms with Crippen molar-refractivity contribution in [1.29, 1.82) is 0 Å². The van der Waals surface area contributed by atoms with Crippen LogP contribution in [0.1, 0.15) is 12.0 Å². The van der Waals surface area contributed by atoms with E-state index in [9.17, 15) is 5.11 Å². The highest BCUT2D eigenvalue weighted by molar-refractivity contribution is 5.59. The molecule has 1 aliphatic rings. The highest BCUT2D eigenvalue weighted by Gasteiger charge is 2.21. The molecule has 0 radical (unpaired) electrons. The lowest BCUT2D eigenvalue weighted by atomic mass is 10.1. The molecule has 14 heavy (non-hydrogen) atoms. The molecule has 76 valence electrons. The van der Waals surface area contributed by atoms with E-state index in [2.05, 4.69) is 11.8 Å². The number of hydrogen-bond donors (Lipinski definition) is 2. The Morgan fingerprint density at radius 1 is 1.50 bits per heavy atom. The number of benzene rings is 1. The fraction of sp³-hybridized carbons (Fsp3) is 0.455. The standard InChI is InChI=1S/C11H16N2O/c1-8-6-9(12)2-3-11(8)13-5-4-10(14)7-13/h2-3,6,10,14H,4-5,7,12H2,1H3. The lowest BCUT2D eigenvalue weighted by Crippen LogP contribution is -2.21. The third kappa shape index (κ3) is 1.68. The minimum atomic E-state index is -0.174. The van der Waals surface area contributed by atoms with Gasteiger partial charge in [-0.25, -0.2) is 0 Å². The lowest BCUT2D eigenvalue weighted by molar-refractivity contribution is 0.198. The summed E-state index contributed by atoms with van der Waals surface area (Å²) in [6.45, 7) is 3.73. The van der Waals surface area contributed by atoms with Gasteiger partial charge in [0.05, 0.1) is 6.10 Å². The molecule has 1 heterocycles. The molecular weight excluding hydrogens is 176 g/mol. The number of anilines is 2. The van der Waals surface area contributed by atoms with Gasteiger partial charge in [0.1, 0.15) is 0 Å². The second-order valence-electron chi connectivity index (χ2n) is 3.93. The number of hydrogen-bond acceptors (Lipinski definition) is 3. The van der Waals surface area contributed by atoms with Crippen molar-refractivity contribution in [2.24, 2.45) is 0 Å². The number of nitrogens with zero attached hydrogens (tertiary/aromatic N) is 1. The molecule has 0 saturated carbocycles. The fourth-order valence-electron chi connectivity index (χ4n) is 1.99. The smallest absolute Gasteiger partial charge is 0.0731 e. The Hall–Kier alpha value is -1.22. The van der Waals surface area contributed by atoms with Crippen molar-refractivity contribution in [3.8, 4) is 0 Å². The van der Waals surface area contributed by atoms with Crippen molar-refractivity contribution in [3.63, 3.8) is 0 Å². The Morgan fingerprint density at radius 3 is 2.86 bits per heavy atom. The second kappa shape index (κ2) is 3.50. The molecule has 2 rings (SSSR count). The van der Waals surface area contributed by atoms with Gasteiger partial charge in [0.25, 0.3) is 0 Å². The highest BCUT2D eigenvalue weighted by Crippen LogP contribution is 2.25. The maximum absolute atomic E-state index is 9.44. The lowest BCUT2D eigenvalue weighted by Gasteiger charge is -2.20. The first kappa shape index (κ1) is 9.34. The van der Waals surface area contributed by atoms with Gasteiger partial charge in [-0.1, -0.05) is 0 Å². The SMILES string of the molecule is Cc1cc(N)ccc1N1CCC(O)C1. The Kier molecular flexibility index (Phi) is 2.33. The monoisotopic (exact) mass is 192 g/mol. The molecule has 3 heteroatoms. The Balaban J connectivity index is 2.24. The summed E-state index contributed by atoms with van der Waals surface area (Å²) in [5, 5.41) is 9.44. The minimum absolute atomic E-state index is 0.174. The number of nitrogens with two attached hydrogens (primary N) is 1. The van der Waals surface area contributed by atoms with Crippen molar-refractivity contribution < 1.29 is 5.11 Å². The van der Waals surface area contributed by atoms with Crippen LogP contribution in [-0.2, 0) is 0 Å².